The summed E-state index contributed by atoms with van der Waals surface area (Å²) in [6, 6.07) is 0. The van der Waals surface area contributed by atoms with Crippen LogP contribution in [0.15, 0.2) is 12.2 Å². The lowest BCUT2D eigenvalue weighted by molar-refractivity contribution is -0.165. The molecule has 0 aromatic rings. The minimum absolute atomic E-state index is 0.000789. The number of allylic oxidation sites excluding steroid dienone is 2. The molecule has 1 heterocycles. The standard InChI is InChI=1S/C17H22O5/c1-8-7-12-14(9(2)16(20)22-12)15(21-10(3)18)17(4)11(8)5-6-13(17)19/h5-6,8-9,11-12,14-15H,7H2,1-4H3/t8-,9+,11-,12-,14-,15+,17+/m1/s1. The molecule has 22 heavy (non-hydrogen) atoms. The third-order valence-electron chi connectivity index (χ3n) is 5.77. The topological polar surface area (TPSA) is 69.7 Å². The zero-order valence-corrected chi connectivity index (χ0v) is 13.4. The Labute approximate surface area is 130 Å². The maximum atomic E-state index is 12.6. The highest BCUT2D eigenvalue weighted by atomic mass is 16.6. The first kappa shape index (κ1) is 15.3. The zero-order chi connectivity index (χ0) is 16.2. The largest absolute Gasteiger partial charge is 0.462 e. The summed E-state index contributed by atoms with van der Waals surface area (Å²) in [4.78, 5) is 36.2. The maximum Gasteiger partial charge on any atom is 0.309 e. The highest BCUT2D eigenvalue weighted by Crippen LogP contribution is 2.54. The molecule has 1 aliphatic heterocycles. The molecule has 0 bridgehead atoms. The number of ether oxygens (including phenoxy) is 2. The van der Waals surface area contributed by atoms with E-state index in [4.69, 9.17) is 9.47 Å². The van der Waals surface area contributed by atoms with Crippen molar-refractivity contribution >= 4 is 17.7 Å². The van der Waals surface area contributed by atoms with Crippen LogP contribution in [0.4, 0.5) is 0 Å². The van der Waals surface area contributed by atoms with Crippen LogP contribution in [0.1, 0.15) is 34.1 Å². The van der Waals surface area contributed by atoms with E-state index in [0.29, 0.717) is 6.42 Å². The molecule has 0 spiro atoms. The molecule has 3 aliphatic rings. The van der Waals surface area contributed by atoms with Crippen molar-refractivity contribution in [3.05, 3.63) is 12.2 Å². The van der Waals surface area contributed by atoms with Crippen molar-refractivity contribution in [2.24, 2.45) is 29.1 Å². The number of ketones is 1. The molecule has 0 aromatic carbocycles. The SMILES string of the molecule is CC(=O)O[C@H]1[C@@H]2[C@H](C)C(=O)O[C@@H]2C[C@@H](C)[C@H]2C=CC(=O)[C@]21C. The van der Waals surface area contributed by atoms with Crippen LogP contribution < -0.4 is 0 Å². The molecule has 1 saturated carbocycles. The second kappa shape index (κ2) is 4.93. The predicted octanol–water partition coefficient (Wildman–Crippen LogP) is 1.90. The van der Waals surface area contributed by atoms with Crippen molar-refractivity contribution in [2.45, 2.75) is 46.3 Å². The first-order valence-electron chi connectivity index (χ1n) is 7.87. The van der Waals surface area contributed by atoms with E-state index in [1.807, 2.05) is 13.0 Å². The Bertz CT molecular complexity index is 565. The second-order valence-electron chi connectivity index (χ2n) is 7.12. The Morgan fingerprint density at radius 3 is 2.68 bits per heavy atom. The van der Waals surface area contributed by atoms with Gasteiger partial charge in [-0.25, -0.2) is 0 Å². The molecule has 0 N–H and O–H groups in total. The van der Waals surface area contributed by atoms with Gasteiger partial charge in [0.15, 0.2) is 5.78 Å². The van der Waals surface area contributed by atoms with Gasteiger partial charge in [0.2, 0.25) is 0 Å². The minimum Gasteiger partial charge on any atom is -0.462 e. The van der Waals surface area contributed by atoms with Crippen molar-refractivity contribution in [3.8, 4) is 0 Å². The number of carbonyl (C=O) groups is 3. The minimum atomic E-state index is -0.813. The summed E-state index contributed by atoms with van der Waals surface area (Å²) >= 11 is 0. The quantitative estimate of drug-likeness (QED) is 0.692. The van der Waals surface area contributed by atoms with Crippen molar-refractivity contribution in [2.75, 3.05) is 0 Å². The zero-order valence-electron chi connectivity index (χ0n) is 13.4. The molecule has 0 radical (unpaired) electrons. The fourth-order valence-corrected chi connectivity index (χ4v) is 4.61. The van der Waals surface area contributed by atoms with E-state index in [9.17, 15) is 14.4 Å². The van der Waals surface area contributed by atoms with Gasteiger partial charge in [-0.2, -0.15) is 0 Å². The van der Waals surface area contributed by atoms with E-state index in [0.717, 1.165) is 0 Å². The van der Waals surface area contributed by atoms with Crippen LogP contribution >= 0.6 is 0 Å². The van der Waals surface area contributed by atoms with Crippen molar-refractivity contribution in [3.63, 3.8) is 0 Å². The van der Waals surface area contributed by atoms with Gasteiger partial charge in [0.1, 0.15) is 12.2 Å². The van der Waals surface area contributed by atoms with Crippen LogP contribution in [0, 0.1) is 29.1 Å². The van der Waals surface area contributed by atoms with E-state index in [-0.39, 0.29) is 41.5 Å². The Kier molecular flexibility index (Phi) is 3.42. The molecular formula is C17H22O5. The molecule has 1 saturated heterocycles. The number of rotatable bonds is 1. The molecule has 2 aliphatic carbocycles. The molecular weight excluding hydrogens is 284 g/mol. The molecule has 0 amide bonds. The summed E-state index contributed by atoms with van der Waals surface area (Å²) in [5.41, 5.74) is -0.813. The summed E-state index contributed by atoms with van der Waals surface area (Å²) in [7, 11) is 0. The molecule has 120 valence electrons. The van der Waals surface area contributed by atoms with Crippen LogP contribution in [-0.4, -0.2) is 29.9 Å². The average Bonchev–Trinajstić information content (AvgIpc) is 2.84. The lowest BCUT2D eigenvalue weighted by Gasteiger charge is -2.40. The molecule has 5 heteroatoms. The number of hydrogen-bond donors (Lipinski definition) is 0. The highest BCUT2D eigenvalue weighted by Gasteiger charge is 2.62. The number of esters is 2. The van der Waals surface area contributed by atoms with Gasteiger partial charge in [-0.05, 0) is 31.3 Å². The molecule has 7 atom stereocenters. The van der Waals surface area contributed by atoms with E-state index in [2.05, 4.69) is 6.92 Å². The molecule has 0 unspecified atom stereocenters. The van der Waals surface area contributed by atoms with Crippen LogP contribution in [0.25, 0.3) is 0 Å². The summed E-state index contributed by atoms with van der Waals surface area (Å²) in [6.07, 6.45) is 3.30. The highest BCUT2D eigenvalue weighted by molar-refractivity contribution is 5.98. The first-order chi connectivity index (χ1) is 10.3. The van der Waals surface area contributed by atoms with Gasteiger partial charge in [0.05, 0.1) is 11.3 Å². The second-order valence-corrected chi connectivity index (χ2v) is 7.12. The molecule has 2 fully saturated rings. The fraction of sp³-hybridized carbons (Fsp3) is 0.706. The van der Waals surface area contributed by atoms with Gasteiger partial charge in [-0.3, -0.25) is 14.4 Å². The lowest BCUT2D eigenvalue weighted by Crippen LogP contribution is -2.50. The van der Waals surface area contributed by atoms with Gasteiger partial charge in [-0.1, -0.05) is 19.9 Å². The number of carbonyl (C=O) groups excluding carboxylic acids is 3. The van der Waals surface area contributed by atoms with Gasteiger partial charge in [0.25, 0.3) is 0 Å². The Morgan fingerprint density at radius 2 is 2.05 bits per heavy atom. The van der Waals surface area contributed by atoms with E-state index < -0.39 is 17.5 Å². The van der Waals surface area contributed by atoms with E-state index >= 15 is 0 Å². The van der Waals surface area contributed by atoms with Gasteiger partial charge in [0, 0.05) is 12.8 Å². The molecule has 5 nitrogen and oxygen atoms in total. The Balaban J connectivity index is 2.10. The monoisotopic (exact) mass is 306 g/mol. The Hall–Kier alpha value is -1.65. The summed E-state index contributed by atoms with van der Waals surface area (Å²) < 4.78 is 11.1. The van der Waals surface area contributed by atoms with Gasteiger partial charge >= 0.3 is 11.9 Å². The summed E-state index contributed by atoms with van der Waals surface area (Å²) in [5, 5.41) is 0. The predicted molar refractivity (Wildman–Crippen MR) is 77.6 cm³/mol. The number of fused-ring (bicyclic) bond motifs is 2. The van der Waals surface area contributed by atoms with Crippen LogP contribution in [0.5, 0.6) is 0 Å². The van der Waals surface area contributed by atoms with Crippen LogP contribution in [-0.2, 0) is 23.9 Å². The normalized spacial score (nSPS) is 46.7. The van der Waals surface area contributed by atoms with E-state index in [1.165, 1.54) is 6.92 Å². The van der Waals surface area contributed by atoms with Crippen LogP contribution in [0.2, 0.25) is 0 Å². The molecule has 3 rings (SSSR count). The maximum absolute atomic E-state index is 12.6. The summed E-state index contributed by atoms with van der Waals surface area (Å²) in [5.74, 6) is -1.17. The first-order valence-corrected chi connectivity index (χ1v) is 7.87. The third-order valence-corrected chi connectivity index (χ3v) is 5.77. The van der Waals surface area contributed by atoms with Crippen molar-refractivity contribution in [1.29, 1.82) is 0 Å². The third kappa shape index (κ3) is 1.94. The van der Waals surface area contributed by atoms with E-state index in [1.54, 1.807) is 13.0 Å². The van der Waals surface area contributed by atoms with Gasteiger partial charge < -0.3 is 9.47 Å². The summed E-state index contributed by atoms with van der Waals surface area (Å²) in [6.45, 7) is 7.07. The fourth-order valence-electron chi connectivity index (χ4n) is 4.61. The van der Waals surface area contributed by atoms with Crippen molar-refractivity contribution in [1.82, 2.24) is 0 Å². The van der Waals surface area contributed by atoms with Crippen molar-refractivity contribution < 1.29 is 23.9 Å². The molecule has 0 aromatic heterocycles. The Morgan fingerprint density at radius 1 is 1.36 bits per heavy atom. The van der Waals surface area contributed by atoms with Crippen LogP contribution in [0.3, 0.4) is 0 Å². The number of hydrogen-bond acceptors (Lipinski definition) is 5. The average molecular weight is 306 g/mol. The lowest BCUT2D eigenvalue weighted by atomic mass is 9.66. The smallest absolute Gasteiger partial charge is 0.309 e. The van der Waals surface area contributed by atoms with Gasteiger partial charge in [-0.15, -0.1) is 0 Å².